The Labute approximate surface area is 186 Å². The fourth-order valence-corrected chi connectivity index (χ4v) is 3.70. The molecule has 0 saturated carbocycles. The number of hydrogen-bond acceptors (Lipinski definition) is 7. The Morgan fingerprint density at radius 3 is 2.69 bits per heavy atom. The maximum atomic E-state index is 11.6. The quantitative estimate of drug-likeness (QED) is 0.558. The summed E-state index contributed by atoms with van der Waals surface area (Å²) in [7, 11) is 1.57. The van der Waals surface area contributed by atoms with Gasteiger partial charge in [-0.15, -0.1) is 0 Å². The average Bonchev–Trinajstić information content (AvgIpc) is 3.15. The van der Waals surface area contributed by atoms with Crippen molar-refractivity contribution in [2.45, 2.75) is 39.0 Å². The minimum absolute atomic E-state index is 0.138. The van der Waals surface area contributed by atoms with E-state index < -0.39 is 5.60 Å². The number of ether oxygens (including phenoxy) is 1. The average molecular weight is 440 g/mol. The second-order valence-electron chi connectivity index (χ2n) is 8.62. The molecule has 10 heteroatoms. The van der Waals surface area contributed by atoms with E-state index in [1.807, 2.05) is 24.3 Å². The first kappa shape index (κ1) is 22.0. The summed E-state index contributed by atoms with van der Waals surface area (Å²) in [6.07, 6.45) is 1.74. The number of aromatic nitrogens is 4. The minimum Gasteiger partial charge on any atom is -0.389 e. The molecule has 170 valence electrons. The number of rotatable bonds is 5. The molecule has 1 unspecified atom stereocenters. The Kier molecular flexibility index (Phi) is 5.98. The molecule has 0 spiro atoms. The number of carbonyl (C=O) groups excluding carboxylic acids is 1. The van der Waals surface area contributed by atoms with Crippen LogP contribution >= 0.6 is 0 Å². The van der Waals surface area contributed by atoms with Crippen LogP contribution in [-0.2, 0) is 11.3 Å². The zero-order valence-electron chi connectivity index (χ0n) is 18.8. The third-order valence-corrected chi connectivity index (χ3v) is 5.29. The first-order valence-electron chi connectivity index (χ1n) is 10.6. The number of morpholine rings is 1. The summed E-state index contributed by atoms with van der Waals surface area (Å²) < 4.78 is 7.30. The Morgan fingerprint density at radius 1 is 1.28 bits per heavy atom. The first-order valence-corrected chi connectivity index (χ1v) is 10.6. The zero-order valence-corrected chi connectivity index (χ0v) is 18.8. The van der Waals surface area contributed by atoms with Gasteiger partial charge >= 0.3 is 6.03 Å². The third kappa shape index (κ3) is 4.66. The Balaban J connectivity index is 1.80. The van der Waals surface area contributed by atoms with Gasteiger partial charge in [0.25, 0.3) is 0 Å². The second-order valence-corrected chi connectivity index (χ2v) is 8.62. The molecule has 10 nitrogen and oxygen atoms in total. The van der Waals surface area contributed by atoms with Crippen molar-refractivity contribution in [1.82, 2.24) is 25.1 Å². The number of fused-ring (bicyclic) bond motifs is 1. The number of anilines is 2. The van der Waals surface area contributed by atoms with Crippen molar-refractivity contribution in [2.75, 3.05) is 37.0 Å². The van der Waals surface area contributed by atoms with E-state index in [1.54, 1.807) is 31.8 Å². The molecule has 3 aromatic rings. The SMILES string of the molecule is CNC(=O)Nc1ccc(-c2nc(N3CCOCC3C)nc3c2cnn3CC(C)(C)O)cc1. The summed E-state index contributed by atoms with van der Waals surface area (Å²) in [5.41, 5.74) is 2.03. The summed E-state index contributed by atoms with van der Waals surface area (Å²) in [6, 6.07) is 7.34. The van der Waals surface area contributed by atoms with Crippen LogP contribution in [0.15, 0.2) is 30.5 Å². The summed E-state index contributed by atoms with van der Waals surface area (Å²) >= 11 is 0. The fraction of sp³-hybridized carbons (Fsp3) is 0.455. The Morgan fingerprint density at radius 2 is 2.03 bits per heavy atom. The van der Waals surface area contributed by atoms with Crippen molar-refractivity contribution < 1.29 is 14.6 Å². The van der Waals surface area contributed by atoms with E-state index in [0.29, 0.717) is 43.6 Å². The van der Waals surface area contributed by atoms with Crippen LogP contribution in [0.5, 0.6) is 0 Å². The highest BCUT2D eigenvalue weighted by atomic mass is 16.5. The van der Waals surface area contributed by atoms with E-state index in [2.05, 4.69) is 27.6 Å². The van der Waals surface area contributed by atoms with E-state index in [9.17, 15) is 9.90 Å². The van der Waals surface area contributed by atoms with Gasteiger partial charge in [0, 0.05) is 24.8 Å². The molecule has 1 saturated heterocycles. The van der Waals surface area contributed by atoms with Crippen LogP contribution in [0.4, 0.5) is 16.4 Å². The van der Waals surface area contributed by atoms with Crippen molar-refractivity contribution in [3.8, 4) is 11.3 Å². The number of amides is 2. The Bertz CT molecular complexity index is 1110. The van der Waals surface area contributed by atoms with Crippen LogP contribution in [0, 0.1) is 0 Å². The van der Waals surface area contributed by atoms with Crippen LogP contribution in [0.1, 0.15) is 20.8 Å². The predicted molar refractivity (Wildman–Crippen MR) is 123 cm³/mol. The van der Waals surface area contributed by atoms with Crippen LogP contribution in [-0.4, -0.2) is 69.3 Å². The van der Waals surface area contributed by atoms with Gasteiger partial charge in [0.05, 0.1) is 48.7 Å². The molecular weight excluding hydrogens is 410 g/mol. The first-order chi connectivity index (χ1) is 15.2. The number of hydrogen-bond donors (Lipinski definition) is 3. The largest absolute Gasteiger partial charge is 0.389 e. The minimum atomic E-state index is -0.941. The van der Waals surface area contributed by atoms with Crippen LogP contribution in [0.3, 0.4) is 0 Å². The molecule has 1 aliphatic rings. The summed E-state index contributed by atoms with van der Waals surface area (Å²) in [5, 5.41) is 20.9. The fourth-order valence-electron chi connectivity index (χ4n) is 3.70. The van der Waals surface area contributed by atoms with Crippen LogP contribution in [0.25, 0.3) is 22.3 Å². The van der Waals surface area contributed by atoms with Crippen LogP contribution in [0.2, 0.25) is 0 Å². The molecule has 1 atom stereocenters. The van der Waals surface area contributed by atoms with E-state index >= 15 is 0 Å². The molecule has 0 radical (unpaired) electrons. The lowest BCUT2D eigenvalue weighted by Gasteiger charge is -2.33. The number of nitrogens with one attached hydrogen (secondary N) is 2. The normalized spacial score (nSPS) is 16.9. The summed E-state index contributed by atoms with van der Waals surface area (Å²) in [5.74, 6) is 0.605. The Hall–Kier alpha value is -3.24. The van der Waals surface area contributed by atoms with Crippen molar-refractivity contribution in [1.29, 1.82) is 0 Å². The number of nitrogens with zero attached hydrogens (tertiary/aromatic N) is 5. The molecule has 1 fully saturated rings. The van der Waals surface area contributed by atoms with Gasteiger partial charge in [0.15, 0.2) is 5.65 Å². The second kappa shape index (κ2) is 8.71. The van der Waals surface area contributed by atoms with E-state index in [4.69, 9.17) is 14.7 Å². The highest BCUT2D eigenvalue weighted by Gasteiger charge is 2.25. The van der Waals surface area contributed by atoms with Crippen molar-refractivity contribution in [3.05, 3.63) is 30.5 Å². The maximum Gasteiger partial charge on any atom is 0.318 e. The van der Waals surface area contributed by atoms with Crippen molar-refractivity contribution in [2.24, 2.45) is 0 Å². The zero-order chi connectivity index (χ0) is 22.9. The summed E-state index contributed by atoms with van der Waals surface area (Å²) in [4.78, 5) is 23.5. The van der Waals surface area contributed by atoms with Gasteiger partial charge in [-0.2, -0.15) is 10.1 Å². The number of aliphatic hydroxyl groups is 1. The van der Waals surface area contributed by atoms with Gasteiger partial charge in [-0.1, -0.05) is 12.1 Å². The lowest BCUT2D eigenvalue weighted by atomic mass is 10.1. The molecule has 2 aromatic heterocycles. The standard InChI is InChI=1S/C22H29N7O3/c1-14-12-32-10-9-28(14)20-26-18(15-5-7-16(8-6-15)25-21(30)23-4)17-11-24-29(19(17)27-20)13-22(2,3)31/h5-8,11,14,31H,9-10,12-13H2,1-4H3,(H2,23,25,30). The smallest absolute Gasteiger partial charge is 0.318 e. The third-order valence-electron chi connectivity index (χ3n) is 5.29. The number of benzene rings is 1. The molecule has 0 bridgehead atoms. The maximum absolute atomic E-state index is 11.6. The van der Waals surface area contributed by atoms with Gasteiger partial charge < -0.3 is 25.4 Å². The van der Waals surface area contributed by atoms with Gasteiger partial charge in [-0.25, -0.2) is 14.5 Å². The highest BCUT2D eigenvalue weighted by molar-refractivity contribution is 5.92. The lowest BCUT2D eigenvalue weighted by molar-refractivity contribution is 0.0589. The van der Waals surface area contributed by atoms with E-state index in [1.165, 1.54) is 0 Å². The van der Waals surface area contributed by atoms with Gasteiger partial charge in [0.1, 0.15) is 0 Å². The van der Waals surface area contributed by atoms with Crippen molar-refractivity contribution >= 4 is 28.7 Å². The van der Waals surface area contributed by atoms with E-state index in [0.717, 1.165) is 16.6 Å². The monoisotopic (exact) mass is 439 g/mol. The molecule has 0 aliphatic carbocycles. The molecule has 32 heavy (non-hydrogen) atoms. The molecule has 1 aromatic carbocycles. The topological polar surface area (TPSA) is 117 Å². The van der Waals surface area contributed by atoms with E-state index in [-0.39, 0.29) is 12.1 Å². The molecule has 3 heterocycles. The van der Waals surface area contributed by atoms with Gasteiger partial charge in [0.2, 0.25) is 5.95 Å². The predicted octanol–water partition coefficient (Wildman–Crippen LogP) is 2.24. The highest BCUT2D eigenvalue weighted by Crippen LogP contribution is 2.30. The van der Waals surface area contributed by atoms with Crippen molar-refractivity contribution in [3.63, 3.8) is 0 Å². The van der Waals surface area contributed by atoms with Crippen LogP contribution < -0.4 is 15.5 Å². The summed E-state index contributed by atoms with van der Waals surface area (Å²) in [6.45, 7) is 7.79. The lowest BCUT2D eigenvalue weighted by Crippen LogP contribution is -2.44. The molecule has 4 rings (SSSR count). The number of urea groups is 1. The molecular formula is C22H29N7O3. The molecule has 2 amide bonds. The molecule has 3 N–H and O–H groups in total. The molecule has 1 aliphatic heterocycles. The number of carbonyl (C=O) groups is 1. The van der Waals surface area contributed by atoms with Gasteiger partial charge in [-0.3, -0.25) is 0 Å². The van der Waals surface area contributed by atoms with Gasteiger partial charge in [-0.05, 0) is 32.9 Å².